The van der Waals surface area contributed by atoms with E-state index in [4.69, 9.17) is 0 Å². The summed E-state index contributed by atoms with van der Waals surface area (Å²) in [5.41, 5.74) is 2.61. The molecule has 0 bridgehead atoms. The second kappa shape index (κ2) is 8.96. The molecule has 1 aromatic carbocycles. The Kier molecular flexibility index (Phi) is 6.37. The smallest absolute Gasteiger partial charge is 0.240 e. The molecule has 0 aromatic heterocycles. The van der Waals surface area contributed by atoms with Gasteiger partial charge in [-0.1, -0.05) is 43.5 Å². The normalized spacial score (nSPS) is 25.8. The standard InChI is InChI=1S/C24H37N3O/c1-20-9-3-4-10-22(20)19-26-16-11-21(18-26)17-25-23(28)24(12-5-2-6-13-24)27-14-7-8-15-27/h3-4,9-10,21H,2,5-8,11-19H2,1H3,(H,25,28). The summed E-state index contributed by atoms with van der Waals surface area (Å²) in [6, 6.07) is 8.69. The maximum absolute atomic E-state index is 13.3. The molecule has 28 heavy (non-hydrogen) atoms. The molecule has 0 spiro atoms. The Morgan fingerprint density at radius 1 is 1.07 bits per heavy atom. The molecule has 1 saturated carbocycles. The molecular formula is C24H37N3O. The van der Waals surface area contributed by atoms with Gasteiger partial charge in [-0.05, 0) is 75.7 Å². The fourth-order valence-corrected chi connectivity index (χ4v) is 5.62. The van der Waals surface area contributed by atoms with Crippen molar-refractivity contribution < 1.29 is 4.79 Å². The zero-order valence-corrected chi connectivity index (χ0v) is 17.6. The third-order valence-corrected chi connectivity index (χ3v) is 7.39. The molecule has 4 heteroatoms. The second-order valence-corrected chi connectivity index (χ2v) is 9.31. The van der Waals surface area contributed by atoms with E-state index in [0.29, 0.717) is 11.8 Å². The van der Waals surface area contributed by atoms with Crippen LogP contribution in [0.2, 0.25) is 0 Å². The number of hydrogen-bond donors (Lipinski definition) is 1. The molecule has 4 rings (SSSR count). The predicted octanol–water partition coefficient (Wildman–Crippen LogP) is 3.73. The van der Waals surface area contributed by atoms with Crippen LogP contribution in [0.3, 0.4) is 0 Å². The van der Waals surface area contributed by atoms with Crippen LogP contribution in [-0.2, 0) is 11.3 Å². The molecule has 2 saturated heterocycles. The quantitative estimate of drug-likeness (QED) is 0.813. The molecule has 1 amide bonds. The van der Waals surface area contributed by atoms with Crippen molar-refractivity contribution in [3.63, 3.8) is 0 Å². The van der Waals surface area contributed by atoms with Crippen LogP contribution in [0.4, 0.5) is 0 Å². The lowest BCUT2D eigenvalue weighted by molar-refractivity contribution is -0.135. The van der Waals surface area contributed by atoms with Gasteiger partial charge in [0.1, 0.15) is 5.54 Å². The number of carbonyl (C=O) groups is 1. The third kappa shape index (κ3) is 4.28. The third-order valence-electron chi connectivity index (χ3n) is 7.39. The Bertz CT molecular complexity index is 662. The summed E-state index contributed by atoms with van der Waals surface area (Å²) >= 11 is 0. The van der Waals surface area contributed by atoms with Gasteiger partial charge >= 0.3 is 0 Å². The van der Waals surface area contributed by atoms with E-state index in [0.717, 1.165) is 52.1 Å². The molecule has 3 aliphatic rings. The summed E-state index contributed by atoms with van der Waals surface area (Å²) in [5.74, 6) is 0.915. The average molecular weight is 384 g/mol. The highest BCUT2D eigenvalue weighted by Gasteiger charge is 2.45. The lowest BCUT2D eigenvalue weighted by Crippen LogP contribution is -2.59. The van der Waals surface area contributed by atoms with E-state index < -0.39 is 0 Å². The number of rotatable bonds is 6. The molecule has 1 N–H and O–H groups in total. The largest absolute Gasteiger partial charge is 0.354 e. The zero-order valence-electron chi connectivity index (χ0n) is 17.6. The van der Waals surface area contributed by atoms with Crippen molar-refractivity contribution in [2.24, 2.45) is 5.92 Å². The highest BCUT2D eigenvalue weighted by Crippen LogP contribution is 2.36. The van der Waals surface area contributed by atoms with E-state index >= 15 is 0 Å². The van der Waals surface area contributed by atoms with Crippen molar-refractivity contribution >= 4 is 5.91 Å². The first kappa shape index (κ1) is 19.9. The number of nitrogens with zero attached hydrogens (tertiary/aromatic N) is 2. The van der Waals surface area contributed by atoms with Gasteiger partial charge in [-0.15, -0.1) is 0 Å². The van der Waals surface area contributed by atoms with Crippen molar-refractivity contribution in [2.45, 2.75) is 70.4 Å². The van der Waals surface area contributed by atoms with Crippen LogP contribution < -0.4 is 5.32 Å². The number of amides is 1. The average Bonchev–Trinajstić information content (AvgIpc) is 3.41. The number of nitrogens with one attached hydrogen (secondary N) is 1. The molecule has 3 fully saturated rings. The van der Waals surface area contributed by atoms with Crippen molar-refractivity contribution in [1.82, 2.24) is 15.1 Å². The van der Waals surface area contributed by atoms with Gasteiger partial charge in [0.25, 0.3) is 0 Å². The SMILES string of the molecule is Cc1ccccc1CN1CCC(CNC(=O)C2(N3CCCC3)CCCCC2)C1. The van der Waals surface area contributed by atoms with Gasteiger partial charge in [-0.2, -0.15) is 0 Å². The number of aryl methyl sites for hydroxylation is 1. The van der Waals surface area contributed by atoms with E-state index in [-0.39, 0.29) is 5.54 Å². The van der Waals surface area contributed by atoms with Crippen LogP contribution in [-0.4, -0.2) is 54.0 Å². The van der Waals surface area contributed by atoms with Crippen LogP contribution in [0.1, 0.15) is 62.5 Å². The van der Waals surface area contributed by atoms with E-state index in [9.17, 15) is 4.79 Å². The van der Waals surface area contributed by atoms with Crippen molar-refractivity contribution in [3.8, 4) is 0 Å². The van der Waals surface area contributed by atoms with E-state index in [1.807, 2.05) is 0 Å². The van der Waals surface area contributed by atoms with Gasteiger partial charge < -0.3 is 5.32 Å². The summed E-state index contributed by atoms with van der Waals surface area (Å²) < 4.78 is 0. The van der Waals surface area contributed by atoms with Gasteiger partial charge in [0.15, 0.2) is 0 Å². The Hall–Kier alpha value is -1.39. The molecule has 1 aliphatic carbocycles. The van der Waals surface area contributed by atoms with E-state index in [1.165, 1.54) is 49.7 Å². The molecule has 2 aliphatic heterocycles. The van der Waals surface area contributed by atoms with Crippen molar-refractivity contribution in [3.05, 3.63) is 35.4 Å². The monoisotopic (exact) mass is 383 g/mol. The highest BCUT2D eigenvalue weighted by atomic mass is 16.2. The fraction of sp³-hybridized carbons (Fsp3) is 0.708. The summed E-state index contributed by atoms with van der Waals surface area (Å²) in [5, 5.41) is 3.40. The number of carbonyl (C=O) groups excluding carboxylic acids is 1. The van der Waals surface area contributed by atoms with E-state index in [2.05, 4.69) is 46.3 Å². The minimum Gasteiger partial charge on any atom is -0.354 e. The molecular weight excluding hydrogens is 346 g/mol. The number of likely N-dealkylation sites (tertiary alicyclic amines) is 2. The topological polar surface area (TPSA) is 35.6 Å². The van der Waals surface area contributed by atoms with Crippen LogP contribution in [0, 0.1) is 12.8 Å². The summed E-state index contributed by atoms with van der Waals surface area (Å²) in [4.78, 5) is 18.4. The molecule has 2 heterocycles. The van der Waals surface area contributed by atoms with Gasteiger partial charge in [-0.3, -0.25) is 14.6 Å². The van der Waals surface area contributed by atoms with Gasteiger partial charge in [0, 0.05) is 19.6 Å². The molecule has 4 nitrogen and oxygen atoms in total. The minimum absolute atomic E-state index is 0.200. The van der Waals surface area contributed by atoms with Crippen LogP contribution in [0.25, 0.3) is 0 Å². The Balaban J connectivity index is 1.30. The van der Waals surface area contributed by atoms with Gasteiger partial charge in [0.05, 0.1) is 0 Å². The maximum Gasteiger partial charge on any atom is 0.240 e. The highest BCUT2D eigenvalue weighted by molar-refractivity contribution is 5.86. The summed E-state index contributed by atoms with van der Waals surface area (Å²) in [7, 11) is 0. The van der Waals surface area contributed by atoms with Crippen LogP contribution in [0.5, 0.6) is 0 Å². The number of benzene rings is 1. The predicted molar refractivity (Wildman–Crippen MR) is 114 cm³/mol. The van der Waals surface area contributed by atoms with Crippen molar-refractivity contribution in [2.75, 3.05) is 32.7 Å². The molecule has 154 valence electrons. The first-order valence-electron chi connectivity index (χ1n) is 11.5. The van der Waals surface area contributed by atoms with E-state index in [1.54, 1.807) is 0 Å². The lowest BCUT2D eigenvalue weighted by atomic mass is 9.79. The maximum atomic E-state index is 13.3. The second-order valence-electron chi connectivity index (χ2n) is 9.31. The first-order valence-corrected chi connectivity index (χ1v) is 11.5. The Morgan fingerprint density at radius 3 is 2.57 bits per heavy atom. The summed E-state index contributed by atoms with van der Waals surface area (Å²) in [6.07, 6.45) is 9.53. The fourth-order valence-electron chi connectivity index (χ4n) is 5.62. The Labute approximate surface area is 170 Å². The minimum atomic E-state index is -0.200. The summed E-state index contributed by atoms with van der Waals surface area (Å²) in [6.45, 7) is 8.55. The molecule has 0 radical (unpaired) electrons. The zero-order chi connectivity index (χ0) is 19.4. The first-order chi connectivity index (χ1) is 13.7. The molecule has 1 aromatic rings. The Morgan fingerprint density at radius 2 is 1.82 bits per heavy atom. The lowest BCUT2D eigenvalue weighted by Gasteiger charge is -2.43. The molecule has 1 atom stereocenters. The van der Waals surface area contributed by atoms with Gasteiger partial charge in [-0.25, -0.2) is 0 Å². The van der Waals surface area contributed by atoms with Gasteiger partial charge in [0.2, 0.25) is 5.91 Å². The van der Waals surface area contributed by atoms with Crippen LogP contribution in [0.15, 0.2) is 24.3 Å². The number of hydrogen-bond acceptors (Lipinski definition) is 3. The van der Waals surface area contributed by atoms with Crippen LogP contribution >= 0.6 is 0 Å². The molecule has 1 unspecified atom stereocenters. The van der Waals surface area contributed by atoms with Crippen molar-refractivity contribution in [1.29, 1.82) is 0 Å².